The quantitative estimate of drug-likeness (QED) is 0.742. The van der Waals surface area contributed by atoms with Crippen molar-refractivity contribution in [2.75, 3.05) is 0 Å². The number of hydrogen-bond donors (Lipinski definition) is 2. The van der Waals surface area contributed by atoms with Crippen LogP contribution in [0.25, 0.3) is 0 Å². The highest BCUT2D eigenvalue weighted by Gasteiger charge is 2.02. The van der Waals surface area contributed by atoms with Crippen molar-refractivity contribution >= 4 is 0 Å². The maximum atomic E-state index is 9.30. The van der Waals surface area contributed by atoms with Gasteiger partial charge in [-0.05, 0) is 82.6 Å². The fourth-order valence-electron chi connectivity index (χ4n) is 0.640. The molecule has 0 fully saturated rings. The summed E-state index contributed by atoms with van der Waals surface area (Å²) < 4.78 is 0. The van der Waals surface area contributed by atoms with E-state index in [2.05, 4.69) is 81.1 Å². The van der Waals surface area contributed by atoms with Crippen LogP contribution in [0.4, 0.5) is 0 Å². The molecular formula is C18H11NO. The Hall–Kier alpha value is -3.20. The van der Waals surface area contributed by atoms with Crippen LogP contribution in [0.3, 0.4) is 0 Å². The number of rotatable bonds is 2. The van der Waals surface area contributed by atoms with E-state index in [1.54, 1.807) is 6.92 Å². The Morgan fingerprint density at radius 1 is 0.850 bits per heavy atom. The lowest BCUT2D eigenvalue weighted by Crippen LogP contribution is -2.29. The predicted octanol–water partition coefficient (Wildman–Crippen LogP) is 1.90. The van der Waals surface area contributed by atoms with E-state index < -0.39 is 6.10 Å². The fraction of sp³-hybridized carbons (Fsp3) is 0.167. The number of aliphatic hydroxyl groups is 1. The Morgan fingerprint density at radius 2 is 1.25 bits per heavy atom. The molecule has 94 valence electrons. The minimum absolute atomic E-state index is 0.359. The predicted molar refractivity (Wildman–Crippen MR) is 75.5 cm³/mol. The van der Waals surface area contributed by atoms with Gasteiger partial charge < -0.3 is 10.8 Å². The second-order valence-corrected chi connectivity index (χ2v) is 3.21. The van der Waals surface area contributed by atoms with Crippen LogP contribution in [0.2, 0.25) is 0 Å². The van der Waals surface area contributed by atoms with Gasteiger partial charge in [-0.2, -0.15) is 0 Å². The van der Waals surface area contributed by atoms with Crippen LogP contribution >= 0.6 is 0 Å². The third-order valence-corrected chi connectivity index (χ3v) is 1.58. The molecule has 0 aromatic heterocycles. The van der Waals surface area contributed by atoms with Crippen LogP contribution in [0, 0.1) is 0 Å². The van der Waals surface area contributed by atoms with Crippen molar-refractivity contribution in [3.8, 4) is 0 Å². The number of aliphatic hydroxyl groups excluding tert-OH is 1. The van der Waals surface area contributed by atoms with E-state index in [0.29, 0.717) is 0 Å². The minimum Gasteiger partial charge on any atom is -0.387 e. The summed E-state index contributed by atoms with van der Waals surface area (Å²) in [5.74, 6) is 0. The monoisotopic (exact) mass is 257 g/mol. The molecule has 2 heteroatoms. The zero-order chi connectivity index (χ0) is 15.1. The summed E-state index contributed by atoms with van der Waals surface area (Å²) in [4.78, 5) is 0. The van der Waals surface area contributed by atoms with E-state index >= 15 is 0 Å². The third kappa shape index (κ3) is 11.3. The van der Waals surface area contributed by atoms with Gasteiger partial charge in [0.2, 0.25) is 0 Å². The summed E-state index contributed by atoms with van der Waals surface area (Å²) in [7, 11) is 0. The van der Waals surface area contributed by atoms with Gasteiger partial charge in [-0.25, -0.2) is 0 Å². The molecule has 0 aliphatic heterocycles. The number of hydrogen-bond acceptors (Lipinski definition) is 2. The summed E-state index contributed by atoms with van der Waals surface area (Å²) in [5, 5.41) is 9.30. The van der Waals surface area contributed by atoms with E-state index in [4.69, 9.17) is 5.73 Å². The van der Waals surface area contributed by atoms with Crippen molar-refractivity contribution in [1.82, 2.24) is 0 Å². The lowest BCUT2D eigenvalue weighted by Gasteiger charge is -2.06. The van der Waals surface area contributed by atoms with Gasteiger partial charge >= 0.3 is 0 Å². The molecule has 0 aromatic carbocycles. The van der Waals surface area contributed by atoms with Gasteiger partial charge in [0, 0.05) is 6.04 Å². The average Bonchev–Trinajstić information content (AvgIpc) is 2.43. The lowest BCUT2D eigenvalue weighted by atomic mass is 10.2. The van der Waals surface area contributed by atoms with Crippen LogP contribution in [0.15, 0.2) is 87.2 Å². The van der Waals surface area contributed by atoms with Gasteiger partial charge in [0.15, 0.2) is 0 Å². The summed E-state index contributed by atoms with van der Waals surface area (Å²) in [5.41, 5.74) is 37.6. The molecule has 0 bridgehead atoms. The third-order valence-electron chi connectivity index (χ3n) is 1.58. The second-order valence-electron chi connectivity index (χ2n) is 3.21. The van der Waals surface area contributed by atoms with E-state index in [-0.39, 0.29) is 6.04 Å². The molecule has 0 saturated heterocycles. The molecule has 2 nitrogen and oxygen atoms in total. The molecule has 0 aliphatic rings. The average molecular weight is 257 g/mol. The van der Waals surface area contributed by atoms with Gasteiger partial charge in [-0.1, -0.05) is 11.5 Å². The fourth-order valence-corrected chi connectivity index (χ4v) is 0.640. The molecule has 0 heterocycles. The van der Waals surface area contributed by atoms with E-state index in [1.807, 2.05) is 0 Å². The number of nitrogens with two attached hydrogens (primary N) is 1. The largest absolute Gasteiger partial charge is 0.387 e. The Labute approximate surface area is 117 Å². The van der Waals surface area contributed by atoms with Crippen molar-refractivity contribution < 1.29 is 5.11 Å². The Bertz CT molecular complexity index is 822. The smallest absolute Gasteiger partial charge is 0.0949 e. The van der Waals surface area contributed by atoms with Crippen LogP contribution < -0.4 is 5.73 Å². The zero-order valence-electron chi connectivity index (χ0n) is 11.0. The highest BCUT2D eigenvalue weighted by Crippen LogP contribution is 1.88. The van der Waals surface area contributed by atoms with E-state index in [9.17, 15) is 5.11 Å². The maximum Gasteiger partial charge on any atom is 0.0949 e. The molecule has 0 unspecified atom stereocenters. The minimum atomic E-state index is -0.762. The summed E-state index contributed by atoms with van der Waals surface area (Å²) in [6, 6.07) is -0.359. The van der Waals surface area contributed by atoms with Gasteiger partial charge in [0.25, 0.3) is 0 Å². The summed E-state index contributed by atoms with van der Waals surface area (Å²) in [6.45, 7) is 4.98. The second kappa shape index (κ2) is 12.3. The highest BCUT2D eigenvalue weighted by atomic mass is 16.3. The molecule has 20 heavy (non-hydrogen) atoms. The van der Waals surface area contributed by atoms with Crippen LogP contribution in [0.5, 0.6) is 0 Å². The Kier molecular flexibility index (Phi) is 10.3. The first-order chi connectivity index (χ1) is 9.68. The Balaban J connectivity index is 5.38. The first-order valence-corrected chi connectivity index (χ1v) is 5.48. The molecule has 0 aromatic rings. The topological polar surface area (TPSA) is 46.2 Å². The van der Waals surface area contributed by atoms with Crippen molar-refractivity contribution in [2.45, 2.75) is 19.1 Å². The molecule has 0 saturated carbocycles. The van der Waals surface area contributed by atoms with E-state index in [1.165, 1.54) is 6.08 Å². The molecule has 3 N–H and O–H groups in total. The molecule has 2 atom stereocenters. The molecule has 0 aliphatic carbocycles. The van der Waals surface area contributed by atoms with Crippen molar-refractivity contribution in [3.05, 3.63) is 87.2 Å². The van der Waals surface area contributed by atoms with Gasteiger partial charge in [-0.15, -0.1) is 0 Å². The standard InChI is InChI=1S/C18H11NO/c1-3-4-5-6-7-8-9-10-11-12-13-14-15-16-18(20)17(2)19/h16-18,20H,1,19H2,2H3/t17-,18-/m0/s1. The van der Waals surface area contributed by atoms with Gasteiger partial charge in [0.05, 0.1) is 6.10 Å². The van der Waals surface area contributed by atoms with Crippen LogP contribution in [-0.4, -0.2) is 17.3 Å². The van der Waals surface area contributed by atoms with Crippen LogP contribution in [-0.2, 0) is 0 Å². The Morgan fingerprint density at radius 3 is 1.65 bits per heavy atom. The summed E-state index contributed by atoms with van der Waals surface area (Å²) >= 11 is 0. The van der Waals surface area contributed by atoms with Crippen molar-refractivity contribution in [2.24, 2.45) is 5.73 Å². The normalized spacial score (nSPS) is 8.95. The lowest BCUT2D eigenvalue weighted by molar-refractivity contribution is 0.198. The first kappa shape index (κ1) is 16.8. The molecule has 0 spiro atoms. The molecule has 0 rings (SSSR count). The van der Waals surface area contributed by atoms with Gasteiger partial charge in [-0.3, -0.25) is 0 Å². The van der Waals surface area contributed by atoms with Crippen molar-refractivity contribution in [3.63, 3.8) is 0 Å². The first-order valence-electron chi connectivity index (χ1n) is 5.48. The van der Waals surface area contributed by atoms with Crippen LogP contribution in [0.1, 0.15) is 6.92 Å². The van der Waals surface area contributed by atoms with Crippen molar-refractivity contribution in [1.29, 1.82) is 0 Å². The summed E-state index contributed by atoms with van der Waals surface area (Å²) in [6.07, 6.45) is 0.616. The molecule has 0 amide bonds. The molecule has 0 radical (unpaired) electrons. The highest BCUT2D eigenvalue weighted by molar-refractivity contribution is 4.95. The van der Waals surface area contributed by atoms with Gasteiger partial charge in [0.1, 0.15) is 0 Å². The maximum absolute atomic E-state index is 9.30. The molecular weight excluding hydrogens is 246 g/mol. The zero-order valence-corrected chi connectivity index (χ0v) is 11.0. The van der Waals surface area contributed by atoms with E-state index in [0.717, 1.165) is 0 Å². The SMILES string of the molecule is C=C=C=C=C=C=C=C=C=C=C=C=C=C=C[C@H](O)[C@H](C)N.